The molecule has 188 valence electrons. The molecule has 0 bridgehead atoms. The fraction of sp³-hybridized carbons (Fsp3) is 0.417. The number of hydrogen-bond acceptors (Lipinski definition) is 4. The van der Waals surface area contributed by atoms with Crippen molar-refractivity contribution in [3.05, 3.63) is 59.2 Å². The van der Waals surface area contributed by atoms with E-state index in [0.29, 0.717) is 17.7 Å². The normalized spacial score (nSPS) is 20.5. The smallest absolute Gasteiger partial charge is 0.385 e. The van der Waals surface area contributed by atoms with Gasteiger partial charge in [0, 0.05) is 23.8 Å². The first-order chi connectivity index (χ1) is 16.3. The van der Waals surface area contributed by atoms with Crippen LogP contribution < -0.4 is 16.0 Å². The zero-order valence-electron chi connectivity index (χ0n) is 18.9. The summed E-state index contributed by atoms with van der Waals surface area (Å²) < 4.78 is 81.2. The van der Waals surface area contributed by atoms with Crippen molar-refractivity contribution >= 4 is 17.3 Å². The Balaban J connectivity index is 1.79. The Morgan fingerprint density at radius 1 is 1.09 bits per heavy atom. The van der Waals surface area contributed by atoms with Gasteiger partial charge in [0.05, 0.1) is 23.2 Å². The van der Waals surface area contributed by atoms with Crippen molar-refractivity contribution in [2.45, 2.75) is 50.6 Å². The Morgan fingerprint density at radius 3 is 2.26 bits per heavy atom. The molecule has 1 unspecified atom stereocenters. The highest BCUT2D eigenvalue weighted by molar-refractivity contribution is 5.95. The molecule has 0 spiro atoms. The van der Waals surface area contributed by atoms with Crippen LogP contribution in [0.25, 0.3) is 0 Å². The molecule has 3 N–H and O–H groups in total. The summed E-state index contributed by atoms with van der Waals surface area (Å²) in [6.07, 6.45) is -10.1. The van der Waals surface area contributed by atoms with Crippen molar-refractivity contribution in [1.29, 1.82) is 5.26 Å². The molecule has 1 aliphatic rings. The number of rotatable bonds is 6. The summed E-state index contributed by atoms with van der Waals surface area (Å²) in [5.41, 5.74) is -1.05. The predicted molar refractivity (Wildman–Crippen MR) is 119 cm³/mol. The van der Waals surface area contributed by atoms with Crippen LogP contribution in [0.2, 0.25) is 0 Å². The third kappa shape index (κ3) is 6.45. The first kappa shape index (κ1) is 26.3. The number of nitrogens with one attached hydrogen (secondary N) is 3. The Bertz CT molecular complexity index is 1090. The van der Waals surface area contributed by atoms with Crippen LogP contribution >= 0.6 is 0 Å². The van der Waals surface area contributed by atoms with Crippen LogP contribution in [0, 0.1) is 17.2 Å². The van der Waals surface area contributed by atoms with Crippen LogP contribution in [0.4, 0.5) is 37.7 Å². The van der Waals surface area contributed by atoms with Crippen molar-refractivity contribution in [2.75, 3.05) is 17.2 Å². The third-order valence-electron chi connectivity index (χ3n) is 5.71. The largest absolute Gasteiger partial charge is 0.417 e. The molecule has 35 heavy (non-hydrogen) atoms. The quantitative estimate of drug-likeness (QED) is 0.450. The molecule has 1 fully saturated rings. The van der Waals surface area contributed by atoms with Gasteiger partial charge in [-0.2, -0.15) is 31.6 Å². The summed E-state index contributed by atoms with van der Waals surface area (Å²) in [6.45, 7) is 4.82. The number of amides is 1. The highest BCUT2D eigenvalue weighted by Gasteiger charge is 2.52. The maximum atomic E-state index is 13.7. The number of hydrogen-bond donors (Lipinski definition) is 3. The number of halogens is 6. The van der Waals surface area contributed by atoms with Crippen molar-refractivity contribution in [1.82, 2.24) is 5.32 Å². The summed E-state index contributed by atoms with van der Waals surface area (Å²) >= 11 is 0. The van der Waals surface area contributed by atoms with E-state index < -0.39 is 47.4 Å². The van der Waals surface area contributed by atoms with Crippen LogP contribution in [-0.2, 0) is 11.0 Å². The molecule has 0 radical (unpaired) electrons. The number of benzene rings is 2. The Morgan fingerprint density at radius 2 is 1.71 bits per heavy atom. The minimum Gasteiger partial charge on any atom is -0.385 e. The Labute approximate surface area is 198 Å². The standard InChI is InChI=1S/C24H24F6N4O/c1-13(2)12-32-16-5-7-17(8-6-16)33-22(35)20-10-18(21(34-20)24(28,29)30)14-3-4-15(11-31)19(9-14)23(25,26)27/h3-9,13,18,20-21,32,34H,10,12H2,1-2H3,(H,33,35)/t18?,20-,21+/m0/s1. The molecule has 0 aliphatic carbocycles. The monoisotopic (exact) mass is 498 g/mol. The molecule has 1 amide bonds. The highest BCUT2D eigenvalue weighted by Crippen LogP contribution is 2.42. The van der Waals surface area contributed by atoms with Crippen molar-refractivity contribution in [3.8, 4) is 6.07 Å². The lowest BCUT2D eigenvalue weighted by Crippen LogP contribution is -2.46. The number of nitriles is 1. The van der Waals surface area contributed by atoms with E-state index in [2.05, 4.69) is 16.0 Å². The summed E-state index contributed by atoms with van der Waals surface area (Å²) in [5.74, 6) is -1.75. The number of nitrogens with zero attached hydrogens (tertiary/aromatic N) is 1. The lowest BCUT2D eigenvalue weighted by molar-refractivity contribution is -0.156. The second kappa shape index (κ2) is 10.2. The summed E-state index contributed by atoms with van der Waals surface area (Å²) in [5, 5.41) is 16.9. The summed E-state index contributed by atoms with van der Waals surface area (Å²) in [4.78, 5) is 12.7. The second-order valence-electron chi connectivity index (χ2n) is 8.84. The molecular formula is C24H24F6N4O. The summed E-state index contributed by atoms with van der Waals surface area (Å²) in [6, 6.07) is 7.03. The molecule has 3 rings (SSSR count). The minimum absolute atomic E-state index is 0.248. The van der Waals surface area contributed by atoms with Crippen LogP contribution in [0.1, 0.15) is 42.9 Å². The molecule has 2 aromatic carbocycles. The van der Waals surface area contributed by atoms with Crippen LogP contribution in [0.15, 0.2) is 42.5 Å². The molecule has 1 heterocycles. The average Bonchev–Trinajstić information content (AvgIpc) is 3.24. The zero-order valence-corrected chi connectivity index (χ0v) is 18.9. The second-order valence-corrected chi connectivity index (χ2v) is 8.84. The first-order valence-corrected chi connectivity index (χ1v) is 10.9. The van der Waals surface area contributed by atoms with Gasteiger partial charge in [-0.3, -0.25) is 10.1 Å². The summed E-state index contributed by atoms with van der Waals surface area (Å²) in [7, 11) is 0. The fourth-order valence-corrected chi connectivity index (χ4v) is 3.97. The van der Waals surface area contributed by atoms with E-state index in [0.717, 1.165) is 24.4 Å². The number of carbonyl (C=O) groups is 1. The lowest BCUT2D eigenvalue weighted by atomic mass is 9.88. The van der Waals surface area contributed by atoms with Crippen molar-refractivity contribution < 1.29 is 31.1 Å². The van der Waals surface area contributed by atoms with E-state index in [9.17, 15) is 31.1 Å². The average molecular weight is 498 g/mol. The molecule has 3 atom stereocenters. The van der Waals surface area contributed by atoms with E-state index >= 15 is 0 Å². The molecule has 5 nitrogen and oxygen atoms in total. The SMILES string of the molecule is CC(C)CNc1ccc(NC(=O)[C@@H]2CC(c3ccc(C#N)c(C(F)(F)F)c3)[C@H](C(F)(F)F)N2)cc1. The molecular weight excluding hydrogens is 474 g/mol. The minimum atomic E-state index is -4.91. The van der Waals surface area contributed by atoms with Gasteiger partial charge in [0.15, 0.2) is 0 Å². The Hall–Kier alpha value is -3.26. The van der Waals surface area contributed by atoms with Crippen molar-refractivity contribution in [2.24, 2.45) is 5.92 Å². The van der Waals surface area contributed by atoms with E-state index in [1.165, 1.54) is 6.07 Å². The van der Waals surface area contributed by atoms with Crippen molar-refractivity contribution in [3.63, 3.8) is 0 Å². The maximum absolute atomic E-state index is 13.7. The first-order valence-electron chi connectivity index (χ1n) is 10.9. The van der Waals surface area contributed by atoms with Gasteiger partial charge < -0.3 is 10.6 Å². The van der Waals surface area contributed by atoms with Gasteiger partial charge in [-0.05, 0) is 54.3 Å². The number of carbonyl (C=O) groups excluding carboxylic acids is 1. The van der Waals surface area contributed by atoms with Gasteiger partial charge in [0.1, 0.15) is 6.04 Å². The number of anilines is 2. The molecule has 1 aliphatic heterocycles. The van der Waals surface area contributed by atoms with Crippen LogP contribution in [0.3, 0.4) is 0 Å². The highest BCUT2D eigenvalue weighted by atomic mass is 19.4. The Kier molecular flexibility index (Phi) is 7.65. The van der Waals surface area contributed by atoms with Gasteiger partial charge in [-0.15, -0.1) is 0 Å². The van der Waals surface area contributed by atoms with Gasteiger partial charge in [-0.25, -0.2) is 0 Å². The van der Waals surface area contributed by atoms with Gasteiger partial charge in [-0.1, -0.05) is 19.9 Å². The fourth-order valence-electron chi connectivity index (χ4n) is 3.97. The van der Waals surface area contributed by atoms with Gasteiger partial charge >= 0.3 is 12.4 Å². The van der Waals surface area contributed by atoms with E-state index in [4.69, 9.17) is 5.26 Å². The molecule has 0 saturated carbocycles. The molecule has 0 aromatic heterocycles. The predicted octanol–water partition coefficient (Wildman–Crippen LogP) is 5.66. The maximum Gasteiger partial charge on any atom is 0.417 e. The van der Waals surface area contributed by atoms with Crippen LogP contribution in [-0.4, -0.2) is 30.7 Å². The van der Waals surface area contributed by atoms with E-state index in [-0.39, 0.29) is 12.0 Å². The van der Waals surface area contributed by atoms with Crippen LogP contribution in [0.5, 0.6) is 0 Å². The topological polar surface area (TPSA) is 76.9 Å². The lowest BCUT2D eigenvalue weighted by Gasteiger charge is -2.23. The molecule has 2 aromatic rings. The molecule has 1 saturated heterocycles. The number of alkyl halides is 6. The third-order valence-corrected chi connectivity index (χ3v) is 5.71. The molecule has 11 heteroatoms. The van der Waals surface area contributed by atoms with Gasteiger partial charge in [0.2, 0.25) is 5.91 Å². The zero-order chi connectivity index (χ0) is 26.0. The van der Waals surface area contributed by atoms with E-state index in [1.54, 1.807) is 24.3 Å². The van der Waals surface area contributed by atoms with Gasteiger partial charge in [0.25, 0.3) is 0 Å². The van der Waals surface area contributed by atoms with E-state index in [1.807, 2.05) is 13.8 Å².